The van der Waals surface area contributed by atoms with Crippen molar-refractivity contribution in [1.29, 1.82) is 0 Å². The molecule has 2 aliphatic heterocycles. The van der Waals surface area contributed by atoms with Gasteiger partial charge in [-0.25, -0.2) is 4.39 Å². The van der Waals surface area contributed by atoms with Gasteiger partial charge in [-0.1, -0.05) is 0 Å². The molecule has 1 spiro atoms. The topological polar surface area (TPSA) is 86.9 Å². The lowest BCUT2D eigenvalue weighted by molar-refractivity contribution is -0.125. The molecule has 0 unspecified atom stereocenters. The van der Waals surface area contributed by atoms with Crippen LogP contribution in [0.4, 0.5) is 15.9 Å². The zero-order valence-corrected chi connectivity index (χ0v) is 10.2. The van der Waals surface area contributed by atoms with Gasteiger partial charge in [0.1, 0.15) is 17.1 Å². The first-order valence-corrected chi connectivity index (χ1v) is 6.06. The molecule has 2 aliphatic rings. The van der Waals surface area contributed by atoms with Crippen molar-refractivity contribution >= 4 is 23.3 Å². The number of nitrogens with one attached hydrogen (secondary N) is 3. The summed E-state index contributed by atoms with van der Waals surface area (Å²) in [5.41, 5.74) is 0.347. The fourth-order valence-corrected chi connectivity index (χ4v) is 3.00. The van der Waals surface area contributed by atoms with Crippen molar-refractivity contribution in [3.8, 4) is 0 Å². The fraction of sp³-hybridized carbons (Fsp3) is 0.154. The number of carbonyl (C=O) groups excluding carboxylic acids is 2. The van der Waals surface area contributed by atoms with Crippen LogP contribution in [0.25, 0.3) is 0 Å². The molecule has 1 aromatic heterocycles. The third-order valence-corrected chi connectivity index (χ3v) is 3.87. The molecule has 0 fully saturated rings. The average molecular weight is 272 g/mol. The van der Waals surface area contributed by atoms with E-state index in [1.807, 2.05) is 0 Å². The molecule has 0 bridgehead atoms. The van der Waals surface area contributed by atoms with Crippen LogP contribution in [0.5, 0.6) is 0 Å². The van der Waals surface area contributed by atoms with E-state index in [2.05, 4.69) is 20.8 Å². The minimum absolute atomic E-state index is 0.0676. The molecule has 1 aromatic carbocycles. The fourth-order valence-electron chi connectivity index (χ4n) is 3.00. The largest absolute Gasteiger partial charge is 0.325 e. The minimum Gasteiger partial charge on any atom is -0.325 e. The maximum Gasteiger partial charge on any atom is 0.240 e. The van der Waals surface area contributed by atoms with Crippen molar-refractivity contribution in [1.82, 2.24) is 10.2 Å². The summed E-state index contributed by atoms with van der Waals surface area (Å²) in [5.74, 6) is -0.714. The first kappa shape index (κ1) is 11.2. The van der Waals surface area contributed by atoms with Crippen LogP contribution in [0.15, 0.2) is 24.4 Å². The maximum absolute atomic E-state index is 13.6. The standard InChI is InChI=1S/C13H9FN4O2/c14-6-1-2-9-7(3-6)13(12(20)16-9)4-10(19)17-11-8(13)5-15-18-11/h1-3,5H,4H2,(H,16,20)(H2,15,17,18,19)/t13-/m1/s1. The Morgan fingerprint density at radius 1 is 1.20 bits per heavy atom. The third-order valence-electron chi connectivity index (χ3n) is 3.87. The first-order valence-electron chi connectivity index (χ1n) is 6.06. The molecule has 0 radical (unpaired) electrons. The lowest BCUT2D eigenvalue weighted by Crippen LogP contribution is -2.43. The number of amides is 2. The van der Waals surface area contributed by atoms with E-state index < -0.39 is 11.2 Å². The zero-order chi connectivity index (χ0) is 13.9. The predicted molar refractivity (Wildman–Crippen MR) is 67.6 cm³/mol. The number of aromatic amines is 1. The molecule has 0 saturated carbocycles. The van der Waals surface area contributed by atoms with Crippen LogP contribution in [0.1, 0.15) is 17.5 Å². The van der Waals surface area contributed by atoms with Crippen LogP contribution in [0.2, 0.25) is 0 Å². The highest BCUT2D eigenvalue weighted by Crippen LogP contribution is 2.49. The summed E-state index contributed by atoms with van der Waals surface area (Å²) in [6.45, 7) is 0. The second-order valence-electron chi connectivity index (χ2n) is 4.93. The third kappa shape index (κ3) is 1.19. The van der Waals surface area contributed by atoms with E-state index >= 15 is 0 Å². The molecule has 1 atom stereocenters. The Morgan fingerprint density at radius 2 is 2.05 bits per heavy atom. The van der Waals surface area contributed by atoms with Crippen molar-refractivity contribution in [2.45, 2.75) is 11.8 Å². The van der Waals surface area contributed by atoms with Crippen molar-refractivity contribution in [3.63, 3.8) is 0 Å². The lowest BCUT2D eigenvalue weighted by atomic mass is 9.72. The van der Waals surface area contributed by atoms with Crippen LogP contribution in [0, 0.1) is 5.82 Å². The summed E-state index contributed by atoms with van der Waals surface area (Å²) >= 11 is 0. The lowest BCUT2D eigenvalue weighted by Gasteiger charge is -2.30. The summed E-state index contributed by atoms with van der Waals surface area (Å²) in [6.07, 6.45) is 1.43. The second kappa shape index (κ2) is 3.44. The number of anilines is 2. The van der Waals surface area contributed by atoms with Gasteiger partial charge in [0.2, 0.25) is 11.8 Å². The van der Waals surface area contributed by atoms with Gasteiger partial charge in [-0.15, -0.1) is 0 Å². The van der Waals surface area contributed by atoms with Gasteiger partial charge in [0.05, 0.1) is 6.20 Å². The van der Waals surface area contributed by atoms with E-state index in [4.69, 9.17) is 0 Å². The molecule has 2 aromatic rings. The van der Waals surface area contributed by atoms with Crippen LogP contribution < -0.4 is 10.6 Å². The molecule has 7 heteroatoms. The first-order chi connectivity index (χ1) is 9.61. The Kier molecular flexibility index (Phi) is 1.92. The maximum atomic E-state index is 13.6. The Bertz CT molecular complexity index is 769. The van der Waals surface area contributed by atoms with Crippen LogP contribution in [-0.2, 0) is 15.0 Å². The number of nitrogens with zero attached hydrogens (tertiary/aromatic N) is 1. The Hall–Kier alpha value is -2.70. The zero-order valence-electron chi connectivity index (χ0n) is 10.2. The summed E-state index contributed by atoms with van der Waals surface area (Å²) in [7, 11) is 0. The van der Waals surface area contributed by atoms with Crippen LogP contribution >= 0.6 is 0 Å². The molecule has 0 saturated heterocycles. The van der Waals surface area contributed by atoms with Gasteiger partial charge in [-0.2, -0.15) is 5.10 Å². The number of hydrogen-bond donors (Lipinski definition) is 3. The van der Waals surface area contributed by atoms with Crippen LogP contribution in [0.3, 0.4) is 0 Å². The van der Waals surface area contributed by atoms with E-state index in [-0.39, 0.29) is 18.2 Å². The van der Waals surface area contributed by atoms with E-state index in [1.165, 1.54) is 24.4 Å². The normalized spacial score (nSPS) is 23.2. The van der Waals surface area contributed by atoms with Crippen molar-refractivity contribution in [2.24, 2.45) is 0 Å². The van der Waals surface area contributed by atoms with E-state index in [9.17, 15) is 14.0 Å². The number of carbonyl (C=O) groups is 2. The van der Waals surface area contributed by atoms with Gasteiger partial charge in [0.25, 0.3) is 0 Å². The predicted octanol–water partition coefficient (Wildman–Crippen LogP) is 1.13. The monoisotopic (exact) mass is 272 g/mol. The van der Waals surface area contributed by atoms with E-state index in [0.29, 0.717) is 22.6 Å². The van der Waals surface area contributed by atoms with Gasteiger partial charge in [-0.05, 0) is 23.8 Å². The Balaban J connectivity index is 2.05. The molecule has 4 rings (SSSR count). The average Bonchev–Trinajstić information content (AvgIpc) is 2.96. The van der Waals surface area contributed by atoms with E-state index in [0.717, 1.165) is 0 Å². The Morgan fingerprint density at radius 3 is 2.90 bits per heavy atom. The highest BCUT2D eigenvalue weighted by atomic mass is 19.1. The summed E-state index contributed by atoms with van der Waals surface area (Å²) in [6, 6.07) is 4.07. The summed E-state index contributed by atoms with van der Waals surface area (Å²) in [4.78, 5) is 24.4. The minimum atomic E-state index is -1.21. The molecule has 2 amide bonds. The molecule has 0 aliphatic carbocycles. The van der Waals surface area contributed by atoms with Gasteiger partial charge in [-0.3, -0.25) is 14.7 Å². The molecule has 100 valence electrons. The highest BCUT2D eigenvalue weighted by Gasteiger charge is 2.53. The summed E-state index contributed by atoms with van der Waals surface area (Å²) < 4.78 is 13.6. The van der Waals surface area contributed by atoms with Crippen molar-refractivity contribution in [3.05, 3.63) is 41.3 Å². The highest BCUT2D eigenvalue weighted by molar-refractivity contribution is 6.14. The van der Waals surface area contributed by atoms with Gasteiger partial charge < -0.3 is 10.6 Å². The molecule has 20 heavy (non-hydrogen) atoms. The number of rotatable bonds is 0. The van der Waals surface area contributed by atoms with Gasteiger partial charge in [0, 0.05) is 17.7 Å². The van der Waals surface area contributed by atoms with Crippen molar-refractivity contribution < 1.29 is 14.0 Å². The Labute approximate surface area is 112 Å². The number of benzene rings is 1. The van der Waals surface area contributed by atoms with Gasteiger partial charge >= 0.3 is 0 Å². The second-order valence-corrected chi connectivity index (χ2v) is 4.93. The number of H-pyrrole nitrogens is 1. The molecule has 6 nitrogen and oxygen atoms in total. The SMILES string of the molecule is O=C1C[C@]2(C(=O)Nc3ccc(F)cc32)c2cn[nH]c2N1. The molecule has 3 heterocycles. The molecular formula is C13H9FN4O2. The number of halogens is 1. The van der Waals surface area contributed by atoms with Crippen molar-refractivity contribution in [2.75, 3.05) is 10.6 Å². The van der Waals surface area contributed by atoms with Gasteiger partial charge in [0.15, 0.2) is 0 Å². The quantitative estimate of drug-likeness (QED) is 0.672. The van der Waals surface area contributed by atoms with E-state index in [1.54, 1.807) is 0 Å². The van der Waals surface area contributed by atoms with Crippen LogP contribution in [-0.4, -0.2) is 22.0 Å². The molecular weight excluding hydrogens is 263 g/mol. The smallest absolute Gasteiger partial charge is 0.240 e. The molecule has 3 N–H and O–H groups in total. The number of aromatic nitrogens is 2. The summed E-state index contributed by atoms with van der Waals surface area (Å²) in [5, 5.41) is 11.9. The number of hydrogen-bond acceptors (Lipinski definition) is 3. The number of fused-ring (bicyclic) bond motifs is 4.